The van der Waals surface area contributed by atoms with Crippen molar-refractivity contribution in [2.75, 3.05) is 17.3 Å². The second-order valence-electron chi connectivity index (χ2n) is 4.51. The third kappa shape index (κ3) is 6.33. The van der Waals surface area contributed by atoms with Gasteiger partial charge in [-0.3, -0.25) is 9.59 Å². The molecule has 0 aliphatic carbocycles. The van der Waals surface area contributed by atoms with E-state index >= 15 is 0 Å². The van der Waals surface area contributed by atoms with Gasteiger partial charge in [0.1, 0.15) is 9.84 Å². The third-order valence-corrected chi connectivity index (χ3v) is 3.58. The van der Waals surface area contributed by atoms with Crippen LogP contribution in [0.25, 0.3) is 0 Å². The van der Waals surface area contributed by atoms with E-state index in [2.05, 4.69) is 5.32 Å². The SMILES string of the molecule is CS(=O)(=O)CCCC(=O)Nc1ccccc1CC(=O)O. The number of hydrogen-bond acceptors (Lipinski definition) is 4. The highest BCUT2D eigenvalue weighted by Crippen LogP contribution is 2.16. The van der Waals surface area contributed by atoms with Crippen LogP contribution in [0.5, 0.6) is 0 Å². The molecule has 1 aromatic rings. The summed E-state index contributed by atoms with van der Waals surface area (Å²) in [6.45, 7) is 0. The number of hydrogen-bond donors (Lipinski definition) is 2. The molecule has 0 aliphatic heterocycles. The Hall–Kier alpha value is -1.89. The molecule has 0 bridgehead atoms. The first-order valence-electron chi connectivity index (χ1n) is 6.05. The van der Waals surface area contributed by atoms with Crippen LogP contribution in [0.15, 0.2) is 24.3 Å². The molecule has 1 amide bonds. The molecule has 0 fully saturated rings. The number of rotatable bonds is 7. The van der Waals surface area contributed by atoms with Crippen LogP contribution in [0.3, 0.4) is 0 Å². The Morgan fingerprint density at radius 2 is 1.90 bits per heavy atom. The van der Waals surface area contributed by atoms with Gasteiger partial charge in [0.2, 0.25) is 5.91 Å². The molecule has 20 heavy (non-hydrogen) atoms. The molecular weight excluding hydrogens is 282 g/mol. The largest absolute Gasteiger partial charge is 0.481 e. The van der Waals surface area contributed by atoms with Crippen LogP contribution in [0.4, 0.5) is 5.69 Å². The fourth-order valence-corrected chi connectivity index (χ4v) is 2.34. The summed E-state index contributed by atoms with van der Waals surface area (Å²) in [5, 5.41) is 11.4. The molecule has 1 aromatic carbocycles. The average Bonchev–Trinajstić information content (AvgIpc) is 2.29. The van der Waals surface area contributed by atoms with E-state index in [4.69, 9.17) is 5.11 Å². The quantitative estimate of drug-likeness (QED) is 0.784. The number of carbonyl (C=O) groups excluding carboxylic acids is 1. The maximum atomic E-state index is 11.7. The summed E-state index contributed by atoms with van der Waals surface area (Å²) in [5.41, 5.74) is 0.954. The second-order valence-corrected chi connectivity index (χ2v) is 6.77. The van der Waals surface area contributed by atoms with Gasteiger partial charge in [0, 0.05) is 18.4 Å². The Labute approximate surface area is 117 Å². The molecule has 0 spiro atoms. The van der Waals surface area contributed by atoms with Crippen LogP contribution in [0.1, 0.15) is 18.4 Å². The second kappa shape index (κ2) is 7.04. The van der Waals surface area contributed by atoms with E-state index in [1.54, 1.807) is 24.3 Å². The molecule has 0 heterocycles. The lowest BCUT2D eigenvalue weighted by molar-refractivity contribution is -0.136. The highest BCUT2D eigenvalue weighted by atomic mass is 32.2. The number of nitrogens with one attached hydrogen (secondary N) is 1. The summed E-state index contributed by atoms with van der Waals surface area (Å²) in [6, 6.07) is 6.63. The summed E-state index contributed by atoms with van der Waals surface area (Å²) in [5.74, 6) is -1.35. The molecule has 110 valence electrons. The number of carboxylic acids is 1. The van der Waals surface area contributed by atoms with Crippen LogP contribution >= 0.6 is 0 Å². The smallest absolute Gasteiger partial charge is 0.307 e. The minimum atomic E-state index is -3.07. The van der Waals surface area contributed by atoms with Crippen LogP contribution in [-0.2, 0) is 25.8 Å². The zero-order chi connectivity index (χ0) is 15.2. The fourth-order valence-electron chi connectivity index (χ4n) is 1.67. The first-order chi connectivity index (χ1) is 9.28. The van der Waals surface area contributed by atoms with Gasteiger partial charge in [-0.2, -0.15) is 0 Å². The number of carbonyl (C=O) groups is 2. The van der Waals surface area contributed by atoms with E-state index in [1.165, 1.54) is 0 Å². The Balaban J connectivity index is 2.59. The summed E-state index contributed by atoms with van der Waals surface area (Å²) in [7, 11) is -3.07. The number of aliphatic carboxylic acids is 1. The van der Waals surface area contributed by atoms with Gasteiger partial charge in [-0.15, -0.1) is 0 Å². The molecule has 2 N–H and O–H groups in total. The minimum absolute atomic E-state index is 0.0445. The number of carboxylic acid groups (broad SMARTS) is 1. The Morgan fingerprint density at radius 1 is 1.25 bits per heavy atom. The van der Waals surface area contributed by atoms with Gasteiger partial charge in [0.25, 0.3) is 0 Å². The topological polar surface area (TPSA) is 101 Å². The Morgan fingerprint density at radius 3 is 2.50 bits per heavy atom. The van der Waals surface area contributed by atoms with E-state index in [0.29, 0.717) is 11.3 Å². The lowest BCUT2D eigenvalue weighted by Gasteiger charge is -2.09. The number of amides is 1. The molecule has 0 atom stereocenters. The van der Waals surface area contributed by atoms with Crippen LogP contribution in [0, 0.1) is 0 Å². The van der Waals surface area contributed by atoms with Gasteiger partial charge in [-0.1, -0.05) is 18.2 Å². The van der Waals surface area contributed by atoms with Crippen molar-refractivity contribution in [3.63, 3.8) is 0 Å². The van der Waals surface area contributed by atoms with E-state index in [0.717, 1.165) is 6.26 Å². The van der Waals surface area contributed by atoms with Crippen LogP contribution < -0.4 is 5.32 Å². The normalized spacial score (nSPS) is 11.1. The molecule has 0 saturated heterocycles. The van der Waals surface area contributed by atoms with Crippen molar-refractivity contribution < 1.29 is 23.1 Å². The lowest BCUT2D eigenvalue weighted by Crippen LogP contribution is -2.15. The van der Waals surface area contributed by atoms with Gasteiger partial charge in [0.05, 0.1) is 12.2 Å². The Kier molecular flexibility index (Phi) is 5.69. The number of para-hydroxylation sites is 1. The summed E-state index contributed by atoms with van der Waals surface area (Å²) in [6.07, 6.45) is 1.26. The molecule has 1 rings (SSSR count). The molecule has 0 aliphatic rings. The van der Waals surface area contributed by atoms with Crippen LogP contribution in [0.2, 0.25) is 0 Å². The molecule has 0 aromatic heterocycles. The summed E-state index contributed by atoms with van der Waals surface area (Å²) >= 11 is 0. The molecular formula is C13H17NO5S. The highest BCUT2D eigenvalue weighted by Gasteiger charge is 2.10. The van der Waals surface area contributed by atoms with E-state index in [9.17, 15) is 18.0 Å². The van der Waals surface area contributed by atoms with Gasteiger partial charge in [-0.05, 0) is 18.1 Å². The van der Waals surface area contributed by atoms with Crippen molar-refractivity contribution in [3.05, 3.63) is 29.8 Å². The van der Waals surface area contributed by atoms with Crippen molar-refractivity contribution in [3.8, 4) is 0 Å². The monoisotopic (exact) mass is 299 g/mol. The van der Waals surface area contributed by atoms with Gasteiger partial charge >= 0.3 is 5.97 Å². The zero-order valence-corrected chi connectivity index (χ0v) is 11.9. The van der Waals surface area contributed by atoms with Gasteiger partial charge < -0.3 is 10.4 Å². The first-order valence-corrected chi connectivity index (χ1v) is 8.11. The first kappa shape index (κ1) is 16.2. The number of benzene rings is 1. The van der Waals surface area contributed by atoms with Gasteiger partial charge in [-0.25, -0.2) is 8.42 Å². The molecule has 7 heteroatoms. The molecule has 6 nitrogen and oxygen atoms in total. The average molecular weight is 299 g/mol. The summed E-state index contributed by atoms with van der Waals surface area (Å²) in [4.78, 5) is 22.4. The predicted molar refractivity (Wildman–Crippen MR) is 75.4 cm³/mol. The standard InChI is InChI=1S/C13H17NO5S/c1-20(18,19)8-4-7-12(15)14-11-6-3-2-5-10(11)9-13(16)17/h2-3,5-6H,4,7-9H2,1H3,(H,14,15)(H,16,17). The zero-order valence-electron chi connectivity index (χ0n) is 11.1. The maximum Gasteiger partial charge on any atom is 0.307 e. The summed E-state index contributed by atoms with van der Waals surface area (Å²) < 4.78 is 21.9. The van der Waals surface area contributed by atoms with E-state index in [-0.39, 0.29) is 30.9 Å². The van der Waals surface area contributed by atoms with Crippen molar-refractivity contribution in [1.29, 1.82) is 0 Å². The third-order valence-electron chi connectivity index (χ3n) is 2.55. The minimum Gasteiger partial charge on any atom is -0.481 e. The fraction of sp³-hybridized carbons (Fsp3) is 0.385. The van der Waals surface area contributed by atoms with Crippen LogP contribution in [-0.4, -0.2) is 37.4 Å². The van der Waals surface area contributed by atoms with E-state index < -0.39 is 15.8 Å². The molecule has 0 unspecified atom stereocenters. The number of anilines is 1. The van der Waals surface area contributed by atoms with Crippen molar-refractivity contribution in [2.24, 2.45) is 0 Å². The number of sulfone groups is 1. The predicted octanol–water partition coefficient (Wildman–Crippen LogP) is 1.08. The highest BCUT2D eigenvalue weighted by molar-refractivity contribution is 7.90. The lowest BCUT2D eigenvalue weighted by atomic mass is 10.1. The van der Waals surface area contributed by atoms with Crippen molar-refractivity contribution >= 4 is 27.4 Å². The molecule has 0 saturated carbocycles. The van der Waals surface area contributed by atoms with Crippen molar-refractivity contribution in [1.82, 2.24) is 0 Å². The van der Waals surface area contributed by atoms with E-state index in [1.807, 2.05) is 0 Å². The molecule has 0 radical (unpaired) electrons. The van der Waals surface area contributed by atoms with Crippen molar-refractivity contribution in [2.45, 2.75) is 19.3 Å². The Bertz CT molecular complexity index is 595. The maximum absolute atomic E-state index is 11.7. The van der Waals surface area contributed by atoms with Gasteiger partial charge in [0.15, 0.2) is 0 Å².